The number of nitrogens with two attached hydrogens (primary N) is 3. The molecule has 0 unspecified atom stereocenters. The van der Waals surface area contributed by atoms with Gasteiger partial charge in [0, 0.05) is 67.3 Å². The summed E-state index contributed by atoms with van der Waals surface area (Å²) in [4.78, 5) is 36.4. The Bertz CT molecular complexity index is 430. The van der Waals surface area contributed by atoms with Crippen molar-refractivity contribution >= 4 is 40.6 Å². The molecule has 0 saturated heterocycles. The summed E-state index contributed by atoms with van der Waals surface area (Å²) < 4.78 is 3.25. The first kappa shape index (κ1) is 29.0. The molecule has 0 atom stereocenters. The second-order valence-electron chi connectivity index (χ2n) is 7.35. The van der Waals surface area contributed by atoms with Gasteiger partial charge in [-0.25, -0.2) is 0 Å². The molecule has 11 heteroatoms. The van der Waals surface area contributed by atoms with E-state index in [1.807, 2.05) is 0 Å². The Kier molecular flexibility index (Phi) is 18.1. The van der Waals surface area contributed by atoms with Crippen molar-refractivity contribution in [1.82, 2.24) is 19.5 Å². The predicted octanol–water partition coefficient (Wildman–Crippen LogP) is -0.600. The van der Waals surface area contributed by atoms with E-state index >= 15 is 0 Å². The molecule has 0 aliphatic heterocycles. The molecule has 0 rings (SSSR count). The van der Waals surface area contributed by atoms with Gasteiger partial charge in [-0.15, -0.1) is 0 Å². The first-order chi connectivity index (χ1) is 14.4. The molecule has 3 amide bonds. The number of rotatable bonds is 19. The number of halogens is 1. The van der Waals surface area contributed by atoms with Crippen LogP contribution in [0, 0.1) is 0 Å². The van der Waals surface area contributed by atoms with E-state index in [4.69, 9.17) is 17.2 Å². The monoisotopic (exact) mass is 541 g/mol. The molecule has 0 aliphatic rings. The minimum absolute atomic E-state index is 0.0562. The number of carbonyl (C=O) groups is 3. The van der Waals surface area contributed by atoms with Gasteiger partial charge in [0.05, 0.1) is 0 Å². The average molecular weight is 541 g/mol. The lowest BCUT2D eigenvalue weighted by molar-refractivity contribution is -0.121. The Hall–Kier alpha value is -1.02. The summed E-state index contributed by atoms with van der Waals surface area (Å²) >= 11 is 2.05. The van der Waals surface area contributed by atoms with Gasteiger partial charge in [-0.05, 0) is 58.2 Å². The van der Waals surface area contributed by atoms with E-state index < -0.39 is 5.54 Å². The van der Waals surface area contributed by atoms with E-state index in [2.05, 4.69) is 42.3 Å². The van der Waals surface area contributed by atoms with Crippen molar-refractivity contribution in [2.75, 3.05) is 39.3 Å². The van der Waals surface area contributed by atoms with Gasteiger partial charge in [0.15, 0.2) is 0 Å². The third kappa shape index (κ3) is 14.9. The first-order valence-corrected chi connectivity index (χ1v) is 11.8. The van der Waals surface area contributed by atoms with Gasteiger partial charge >= 0.3 is 0 Å². The molecule has 0 fully saturated rings. The Balaban J connectivity index is 4.80. The van der Waals surface area contributed by atoms with Crippen LogP contribution in [0.2, 0.25) is 0 Å². The Morgan fingerprint density at radius 2 is 0.933 bits per heavy atom. The lowest BCUT2D eigenvalue weighted by Crippen LogP contribution is -2.43. The van der Waals surface area contributed by atoms with E-state index in [1.54, 1.807) is 0 Å². The summed E-state index contributed by atoms with van der Waals surface area (Å²) in [6, 6.07) is 0. The zero-order valence-electron chi connectivity index (χ0n) is 17.9. The van der Waals surface area contributed by atoms with E-state index in [1.165, 1.54) is 0 Å². The van der Waals surface area contributed by atoms with E-state index in [0.29, 0.717) is 77.8 Å². The zero-order chi connectivity index (χ0) is 22.7. The molecule has 0 aromatic rings. The summed E-state index contributed by atoms with van der Waals surface area (Å²) in [5.74, 6) is -0.169. The largest absolute Gasteiger partial charge is 0.356 e. The van der Waals surface area contributed by atoms with Gasteiger partial charge in [0.25, 0.3) is 0 Å². The summed E-state index contributed by atoms with van der Waals surface area (Å²) in [7, 11) is 0. The molecule has 10 N–H and O–H groups in total. The minimum Gasteiger partial charge on any atom is -0.356 e. The lowest BCUT2D eigenvalue weighted by Gasteiger charge is -2.32. The van der Waals surface area contributed by atoms with E-state index in [0.717, 1.165) is 19.3 Å². The minimum atomic E-state index is -0.498. The summed E-state index contributed by atoms with van der Waals surface area (Å²) in [6.07, 6.45) is 4.69. The molecule has 0 aromatic heterocycles. The third-order valence-electron chi connectivity index (χ3n) is 4.80. The van der Waals surface area contributed by atoms with Crippen molar-refractivity contribution in [1.29, 1.82) is 0 Å². The standard InChI is InChI=1S/C19H40IN7O3/c20-27-19(7-4-16(28)24-13-1-10-21,8-5-17(29)25-14-2-11-22)9-6-18(30)26-15-3-12-23/h27H,1-15,21-23H2,(H,24,28)(H,25,29)(H,26,30). The van der Waals surface area contributed by atoms with Gasteiger partial charge in [-0.3, -0.25) is 17.9 Å². The summed E-state index contributed by atoms with van der Waals surface area (Å²) in [5, 5.41) is 8.54. The van der Waals surface area contributed by atoms with Gasteiger partial charge in [0.2, 0.25) is 17.7 Å². The highest BCUT2D eigenvalue weighted by Crippen LogP contribution is 2.27. The Labute approximate surface area is 194 Å². The quantitative estimate of drug-likeness (QED) is 0.0649. The first-order valence-electron chi connectivity index (χ1n) is 10.7. The van der Waals surface area contributed by atoms with Crippen molar-refractivity contribution in [2.24, 2.45) is 17.2 Å². The molecule has 0 saturated carbocycles. The zero-order valence-corrected chi connectivity index (χ0v) is 20.1. The van der Waals surface area contributed by atoms with Crippen LogP contribution >= 0.6 is 22.9 Å². The SMILES string of the molecule is NCCCNC(=O)CCC(CCC(=O)NCCCN)(CCC(=O)NCCCN)NI. The van der Waals surface area contributed by atoms with Crippen LogP contribution in [-0.4, -0.2) is 62.5 Å². The van der Waals surface area contributed by atoms with Crippen molar-refractivity contribution in [3.63, 3.8) is 0 Å². The van der Waals surface area contributed by atoms with Crippen LogP contribution in [0.3, 0.4) is 0 Å². The lowest BCUT2D eigenvalue weighted by atomic mass is 9.84. The molecule has 0 spiro atoms. The van der Waals surface area contributed by atoms with Crippen LogP contribution in [-0.2, 0) is 14.4 Å². The molecule has 0 radical (unpaired) electrons. The molecule has 30 heavy (non-hydrogen) atoms. The second-order valence-corrected chi connectivity index (χ2v) is 7.89. The Morgan fingerprint density at radius 1 is 0.633 bits per heavy atom. The number of carbonyl (C=O) groups excluding carboxylic acids is 3. The van der Waals surface area contributed by atoms with Crippen LogP contribution in [0.1, 0.15) is 57.8 Å². The second kappa shape index (κ2) is 18.7. The average Bonchev–Trinajstić information content (AvgIpc) is 2.74. The fourth-order valence-electron chi connectivity index (χ4n) is 2.83. The number of amides is 3. The van der Waals surface area contributed by atoms with Gasteiger partial charge in [0.1, 0.15) is 0 Å². The maximum Gasteiger partial charge on any atom is 0.220 e. The molecule has 176 valence electrons. The molecular weight excluding hydrogens is 501 g/mol. The Morgan fingerprint density at radius 3 is 1.17 bits per heavy atom. The van der Waals surface area contributed by atoms with Crippen LogP contribution in [0.15, 0.2) is 0 Å². The summed E-state index contributed by atoms with van der Waals surface area (Å²) in [6.45, 7) is 3.22. The third-order valence-corrected chi connectivity index (χ3v) is 5.95. The molecule has 0 aliphatic carbocycles. The fraction of sp³-hybridized carbons (Fsp3) is 0.842. The van der Waals surface area contributed by atoms with Crippen molar-refractivity contribution < 1.29 is 14.4 Å². The van der Waals surface area contributed by atoms with Crippen LogP contribution < -0.4 is 36.7 Å². The highest BCUT2D eigenvalue weighted by atomic mass is 127. The predicted molar refractivity (Wildman–Crippen MR) is 128 cm³/mol. The molecule has 0 bridgehead atoms. The molecule has 0 aromatic carbocycles. The maximum absolute atomic E-state index is 12.1. The van der Waals surface area contributed by atoms with Crippen LogP contribution in [0.5, 0.6) is 0 Å². The highest BCUT2D eigenvalue weighted by Gasteiger charge is 2.31. The smallest absolute Gasteiger partial charge is 0.220 e. The molecule has 10 nitrogen and oxygen atoms in total. The number of hydrogen-bond donors (Lipinski definition) is 7. The van der Waals surface area contributed by atoms with E-state index in [9.17, 15) is 14.4 Å². The topological polar surface area (TPSA) is 177 Å². The van der Waals surface area contributed by atoms with Crippen LogP contribution in [0.4, 0.5) is 0 Å². The van der Waals surface area contributed by atoms with Crippen molar-refractivity contribution in [2.45, 2.75) is 63.3 Å². The molecule has 0 heterocycles. The maximum atomic E-state index is 12.1. The number of hydrogen-bond acceptors (Lipinski definition) is 7. The highest BCUT2D eigenvalue weighted by molar-refractivity contribution is 14.1. The van der Waals surface area contributed by atoms with Crippen molar-refractivity contribution in [3.05, 3.63) is 0 Å². The number of nitrogens with one attached hydrogen (secondary N) is 4. The van der Waals surface area contributed by atoms with Crippen LogP contribution in [0.25, 0.3) is 0 Å². The van der Waals surface area contributed by atoms with E-state index in [-0.39, 0.29) is 17.7 Å². The fourth-order valence-corrected chi connectivity index (χ4v) is 3.64. The van der Waals surface area contributed by atoms with Crippen molar-refractivity contribution in [3.8, 4) is 0 Å². The van der Waals surface area contributed by atoms with Gasteiger partial charge in [-0.2, -0.15) is 0 Å². The summed E-state index contributed by atoms with van der Waals surface area (Å²) in [5.41, 5.74) is 15.9. The molecular formula is C19H40IN7O3. The van der Waals surface area contributed by atoms with Gasteiger partial charge < -0.3 is 33.2 Å². The van der Waals surface area contributed by atoms with Gasteiger partial charge in [-0.1, -0.05) is 0 Å². The normalized spacial score (nSPS) is 11.2.